The minimum absolute atomic E-state index is 0.0528. The Balaban J connectivity index is 0.000000114. The normalized spacial score (nSPS) is 37.4. The lowest BCUT2D eigenvalue weighted by Crippen LogP contribution is -2.55. The zero-order chi connectivity index (χ0) is 28.4. The Bertz CT molecular complexity index is 1850. The highest BCUT2D eigenvalue weighted by atomic mass is 16.6. The van der Waals surface area contributed by atoms with Crippen LogP contribution in [0.4, 0.5) is 0 Å². The summed E-state index contributed by atoms with van der Waals surface area (Å²) in [4.78, 5) is 0. The molecule has 43 heavy (non-hydrogen) atoms. The lowest BCUT2D eigenvalue weighted by molar-refractivity contribution is -0.121. The molecule has 3 nitrogen and oxygen atoms in total. The summed E-state index contributed by atoms with van der Waals surface area (Å²) in [6.07, 6.45) is 16.9. The molecule has 0 radical (unpaired) electrons. The van der Waals surface area contributed by atoms with Crippen molar-refractivity contribution >= 4 is 43.1 Å². The summed E-state index contributed by atoms with van der Waals surface area (Å²) in [6, 6.07) is 20.1. The molecule has 3 heteroatoms. The van der Waals surface area contributed by atoms with E-state index in [0.717, 1.165) is 69.6 Å². The van der Waals surface area contributed by atoms with Crippen LogP contribution in [-0.2, 0) is 4.74 Å². The van der Waals surface area contributed by atoms with Crippen molar-refractivity contribution < 1.29 is 14.9 Å². The van der Waals surface area contributed by atoms with E-state index in [1.807, 2.05) is 12.1 Å². The van der Waals surface area contributed by atoms with Gasteiger partial charge in [0.25, 0.3) is 0 Å². The summed E-state index contributed by atoms with van der Waals surface area (Å²) in [5.41, 5.74) is 0. The molecule has 1 heterocycles. The third-order valence-corrected chi connectivity index (χ3v) is 13.6. The van der Waals surface area contributed by atoms with E-state index in [1.54, 1.807) is 57.4 Å². The maximum absolute atomic E-state index is 10.2. The fraction of sp³-hybridized carbons (Fsp3) is 0.500. The van der Waals surface area contributed by atoms with Crippen LogP contribution in [-0.4, -0.2) is 22.4 Å². The van der Waals surface area contributed by atoms with Crippen molar-refractivity contribution in [2.45, 2.75) is 76.4 Å². The lowest BCUT2D eigenvalue weighted by Gasteiger charge is -2.61. The fourth-order valence-electron chi connectivity index (χ4n) is 12.0. The van der Waals surface area contributed by atoms with Crippen LogP contribution in [0.25, 0.3) is 43.1 Å². The van der Waals surface area contributed by atoms with E-state index in [4.69, 9.17) is 4.74 Å². The van der Waals surface area contributed by atoms with Gasteiger partial charge in [0, 0.05) is 5.39 Å². The van der Waals surface area contributed by atoms with E-state index < -0.39 is 0 Å². The molecule has 0 bridgehead atoms. The van der Waals surface area contributed by atoms with Crippen molar-refractivity contribution in [3.63, 3.8) is 0 Å². The van der Waals surface area contributed by atoms with Crippen molar-refractivity contribution in [1.29, 1.82) is 0 Å². The van der Waals surface area contributed by atoms with Gasteiger partial charge >= 0.3 is 0 Å². The Morgan fingerprint density at radius 1 is 0.558 bits per heavy atom. The first-order chi connectivity index (χ1) is 21.1. The second kappa shape index (κ2) is 9.24. The molecule has 0 aromatic heterocycles. The van der Waals surface area contributed by atoms with Crippen LogP contribution in [0.3, 0.4) is 0 Å². The number of phenols is 2. The number of hydrogen-bond donors (Lipinski definition) is 2. The Kier molecular flexibility index (Phi) is 5.44. The van der Waals surface area contributed by atoms with Crippen molar-refractivity contribution in [3.05, 3.63) is 60.7 Å². The van der Waals surface area contributed by atoms with Crippen LogP contribution in [0.2, 0.25) is 0 Å². The molecule has 220 valence electrons. The molecule has 6 fully saturated rings. The van der Waals surface area contributed by atoms with Gasteiger partial charge in [0.05, 0.1) is 12.2 Å². The van der Waals surface area contributed by atoms with Gasteiger partial charge in [-0.1, -0.05) is 61.7 Å². The number of fused-ring (bicyclic) bond motifs is 6. The van der Waals surface area contributed by atoms with E-state index in [0.29, 0.717) is 11.5 Å². The number of phenolic OH excluding ortho intramolecular Hbond substituents is 2. The number of aromatic hydroxyl groups is 2. The second-order valence-corrected chi connectivity index (χ2v) is 15.2. The molecule has 2 N–H and O–H groups in total. The summed E-state index contributed by atoms with van der Waals surface area (Å²) < 4.78 is 6.11. The van der Waals surface area contributed by atoms with Crippen molar-refractivity contribution in [2.24, 2.45) is 47.3 Å². The predicted molar refractivity (Wildman–Crippen MR) is 174 cm³/mol. The highest BCUT2D eigenvalue weighted by Gasteiger charge is 2.62. The quantitative estimate of drug-likeness (QED) is 0.0843. The first-order valence-corrected chi connectivity index (χ1v) is 17.3. The lowest BCUT2D eigenvalue weighted by atomic mass is 9.44. The molecule has 0 amide bonds. The molecule has 10 atom stereocenters. The number of epoxide rings is 1. The van der Waals surface area contributed by atoms with Crippen LogP contribution >= 0.6 is 0 Å². The topological polar surface area (TPSA) is 53.0 Å². The first-order valence-electron chi connectivity index (χ1n) is 17.3. The van der Waals surface area contributed by atoms with E-state index in [9.17, 15) is 10.2 Å². The zero-order valence-corrected chi connectivity index (χ0v) is 24.9. The molecule has 11 rings (SSSR count). The first kappa shape index (κ1) is 25.3. The number of rotatable bonds is 0. The van der Waals surface area contributed by atoms with Gasteiger partial charge in [-0.15, -0.1) is 0 Å². The van der Waals surface area contributed by atoms with Gasteiger partial charge in [0.2, 0.25) is 0 Å². The molecule has 5 aromatic carbocycles. The minimum Gasteiger partial charge on any atom is -0.504 e. The van der Waals surface area contributed by atoms with Crippen LogP contribution in [0.1, 0.15) is 64.2 Å². The summed E-state index contributed by atoms with van der Waals surface area (Å²) in [5.74, 6) is 8.64. The maximum atomic E-state index is 10.2. The van der Waals surface area contributed by atoms with Crippen molar-refractivity contribution in [3.8, 4) is 11.5 Å². The summed E-state index contributed by atoms with van der Waals surface area (Å²) >= 11 is 0. The SMILES string of the molecule is C1CC2CCC3CC4CCC5OC5C4C4CCC(C1)C2C34.Oc1ccc2c(cc3ccc4cccc5ccc2c3c45)c1O. The number of hydrogen-bond acceptors (Lipinski definition) is 3. The second-order valence-electron chi connectivity index (χ2n) is 15.2. The Hall–Kier alpha value is -3.04. The average molecular weight is 571 g/mol. The third kappa shape index (κ3) is 3.64. The Morgan fingerprint density at radius 3 is 2.12 bits per heavy atom. The largest absolute Gasteiger partial charge is 0.504 e. The van der Waals surface area contributed by atoms with Gasteiger partial charge in [-0.25, -0.2) is 0 Å². The Morgan fingerprint density at radius 2 is 1.26 bits per heavy atom. The Labute approximate surface area is 253 Å². The van der Waals surface area contributed by atoms with Crippen LogP contribution in [0, 0.1) is 47.3 Å². The van der Waals surface area contributed by atoms with Gasteiger partial charge in [0.1, 0.15) is 0 Å². The molecule has 5 aliphatic carbocycles. The number of ether oxygens (including phenoxy) is 1. The molecule has 6 aliphatic rings. The van der Waals surface area contributed by atoms with Gasteiger partial charge < -0.3 is 14.9 Å². The monoisotopic (exact) mass is 570 g/mol. The maximum Gasteiger partial charge on any atom is 0.165 e. The van der Waals surface area contributed by atoms with Gasteiger partial charge in [-0.2, -0.15) is 0 Å². The van der Waals surface area contributed by atoms with Crippen molar-refractivity contribution in [1.82, 2.24) is 0 Å². The average Bonchev–Trinajstić information content (AvgIpc) is 3.84. The van der Waals surface area contributed by atoms with Gasteiger partial charge in [-0.3, -0.25) is 0 Å². The van der Waals surface area contributed by atoms with Crippen LogP contribution in [0.15, 0.2) is 60.7 Å². The van der Waals surface area contributed by atoms with Crippen LogP contribution < -0.4 is 0 Å². The molecular formula is C40H42O3. The van der Waals surface area contributed by atoms with Gasteiger partial charge in [0.15, 0.2) is 11.5 Å². The summed E-state index contributed by atoms with van der Waals surface area (Å²) in [7, 11) is 0. The standard InChI is InChI=1S/C20H12O2.C20H30O/c21-17-9-8-14-15-7-6-12-3-1-2-11-4-5-13(19(15)18(11)12)10-16(14)20(17)22;1-2-11-4-5-13-10-14-7-9-16-20(21-16)19(14)15-8-6-12(3-1)17(11)18(13)15/h1-10,21-22H;11-20H,1-10H2. The highest BCUT2D eigenvalue weighted by Crippen LogP contribution is 2.65. The predicted octanol–water partition coefficient (Wildman–Crippen LogP) is 9.80. The molecule has 1 aliphatic heterocycles. The smallest absolute Gasteiger partial charge is 0.165 e. The van der Waals surface area contributed by atoms with E-state index >= 15 is 0 Å². The molecule has 10 unspecified atom stereocenters. The molecule has 5 aromatic rings. The highest BCUT2D eigenvalue weighted by molar-refractivity contribution is 6.29. The van der Waals surface area contributed by atoms with E-state index in [2.05, 4.69) is 42.5 Å². The molecule has 5 saturated carbocycles. The van der Waals surface area contributed by atoms with Crippen LogP contribution in [0.5, 0.6) is 11.5 Å². The molecular weight excluding hydrogens is 528 g/mol. The molecule has 1 saturated heterocycles. The van der Waals surface area contributed by atoms with E-state index in [1.165, 1.54) is 34.4 Å². The van der Waals surface area contributed by atoms with Crippen molar-refractivity contribution in [2.75, 3.05) is 0 Å². The summed E-state index contributed by atoms with van der Waals surface area (Å²) in [6.45, 7) is 0. The number of benzene rings is 5. The molecule has 0 spiro atoms. The van der Waals surface area contributed by atoms with E-state index in [-0.39, 0.29) is 11.5 Å². The summed E-state index contributed by atoms with van der Waals surface area (Å²) in [5, 5.41) is 28.7. The third-order valence-electron chi connectivity index (χ3n) is 13.6. The van der Waals surface area contributed by atoms with Gasteiger partial charge in [-0.05, 0) is 148 Å². The fourth-order valence-corrected chi connectivity index (χ4v) is 12.0. The minimum atomic E-state index is -0.0830. The zero-order valence-electron chi connectivity index (χ0n) is 24.9.